The van der Waals surface area contributed by atoms with Crippen molar-refractivity contribution in [3.8, 4) is 22.8 Å². The topological polar surface area (TPSA) is 59.5 Å². The normalized spacial score (nSPS) is 11.2. The van der Waals surface area contributed by atoms with Gasteiger partial charge in [0.05, 0.1) is 30.0 Å². The van der Waals surface area contributed by atoms with Crippen molar-refractivity contribution >= 4 is 51.4 Å². The van der Waals surface area contributed by atoms with E-state index in [4.69, 9.17) is 49.3 Å². The van der Waals surface area contributed by atoms with Gasteiger partial charge in [-0.1, -0.05) is 34.8 Å². The number of fused-ring (bicyclic) bond motifs is 1. The van der Waals surface area contributed by atoms with Crippen molar-refractivity contribution in [2.24, 2.45) is 0 Å². The van der Waals surface area contributed by atoms with E-state index in [9.17, 15) is 0 Å². The van der Waals surface area contributed by atoms with Crippen molar-refractivity contribution in [3.63, 3.8) is 0 Å². The number of hydrogen-bond acceptors (Lipinski definition) is 6. The van der Waals surface area contributed by atoms with Gasteiger partial charge < -0.3 is 19.7 Å². The molecule has 0 amide bonds. The number of rotatable bonds is 8. The SMILES string of the molecule is COc1cc(OC)c(Cl)c(-c2cc3cnc(Cl)cc3c(NCCCN(C)C)n2)c1Cl. The first-order chi connectivity index (χ1) is 14.3. The Kier molecular flexibility index (Phi) is 7.47. The first-order valence-corrected chi connectivity index (χ1v) is 10.4. The Morgan fingerprint density at radius 3 is 2.27 bits per heavy atom. The third kappa shape index (κ3) is 4.83. The van der Waals surface area contributed by atoms with E-state index in [2.05, 4.69) is 15.2 Å². The zero-order valence-electron chi connectivity index (χ0n) is 17.2. The van der Waals surface area contributed by atoms with Crippen LogP contribution in [-0.4, -0.2) is 56.3 Å². The van der Waals surface area contributed by atoms with Gasteiger partial charge in [0.15, 0.2) is 0 Å². The van der Waals surface area contributed by atoms with Crippen molar-refractivity contribution in [1.82, 2.24) is 14.9 Å². The monoisotopic (exact) mass is 468 g/mol. The standard InChI is InChI=1S/C21H23Cl3N4O2/c1-28(2)7-5-6-25-21-13-9-17(22)26-11-12(13)8-14(27-21)18-19(23)15(29-3)10-16(30-4)20(18)24/h8-11H,5-7H2,1-4H3,(H,25,27). The summed E-state index contributed by atoms with van der Waals surface area (Å²) in [5.74, 6) is 1.58. The Hall–Kier alpha value is -1.99. The van der Waals surface area contributed by atoms with Gasteiger partial charge in [-0.15, -0.1) is 0 Å². The van der Waals surface area contributed by atoms with Crippen LogP contribution in [0.2, 0.25) is 15.2 Å². The van der Waals surface area contributed by atoms with Gasteiger partial charge in [-0.05, 0) is 39.2 Å². The predicted octanol–water partition coefficient (Wildman–Crippen LogP) is 5.64. The van der Waals surface area contributed by atoms with Gasteiger partial charge in [-0.2, -0.15) is 0 Å². The summed E-state index contributed by atoms with van der Waals surface area (Å²) in [6.45, 7) is 1.70. The van der Waals surface area contributed by atoms with Gasteiger partial charge in [-0.25, -0.2) is 9.97 Å². The molecule has 0 bridgehead atoms. The van der Waals surface area contributed by atoms with Crippen molar-refractivity contribution in [2.45, 2.75) is 6.42 Å². The van der Waals surface area contributed by atoms with Crippen LogP contribution in [0, 0.1) is 0 Å². The number of nitrogens with zero attached hydrogens (tertiary/aromatic N) is 3. The van der Waals surface area contributed by atoms with Crippen LogP contribution in [-0.2, 0) is 0 Å². The number of anilines is 1. The lowest BCUT2D eigenvalue weighted by Crippen LogP contribution is -2.16. The average molecular weight is 470 g/mol. The van der Waals surface area contributed by atoms with E-state index in [1.807, 2.05) is 20.2 Å². The van der Waals surface area contributed by atoms with Gasteiger partial charge in [0, 0.05) is 35.1 Å². The maximum Gasteiger partial charge on any atom is 0.141 e. The zero-order chi connectivity index (χ0) is 21.8. The predicted molar refractivity (Wildman–Crippen MR) is 125 cm³/mol. The lowest BCUT2D eigenvalue weighted by atomic mass is 10.1. The first-order valence-electron chi connectivity index (χ1n) is 9.31. The summed E-state index contributed by atoms with van der Waals surface area (Å²) >= 11 is 19.3. The summed E-state index contributed by atoms with van der Waals surface area (Å²) in [4.78, 5) is 11.1. The van der Waals surface area contributed by atoms with E-state index in [0.29, 0.717) is 43.8 Å². The fourth-order valence-electron chi connectivity index (χ4n) is 3.10. The Bertz CT molecular complexity index is 1030. The van der Waals surface area contributed by atoms with Crippen molar-refractivity contribution in [3.05, 3.63) is 39.6 Å². The Balaban J connectivity index is 2.14. The molecular weight excluding hydrogens is 447 g/mol. The number of methoxy groups -OCH3 is 2. The maximum atomic E-state index is 6.60. The number of hydrogen-bond donors (Lipinski definition) is 1. The van der Waals surface area contributed by atoms with E-state index in [-0.39, 0.29) is 0 Å². The number of nitrogens with one attached hydrogen (secondary N) is 1. The highest BCUT2D eigenvalue weighted by Crippen LogP contribution is 2.46. The summed E-state index contributed by atoms with van der Waals surface area (Å²) in [6.07, 6.45) is 2.65. The molecule has 0 aliphatic heterocycles. The molecule has 0 unspecified atom stereocenters. The molecule has 2 heterocycles. The van der Waals surface area contributed by atoms with Crippen LogP contribution in [0.15, 0.2) is 24.4 Å². The molecule has 160 valence electrons. The van der Waals surface area contributed by atoms with Crippen molar-refractivity contribution in [1.29, 1.82) is 0 Å². The smallest absolute Gasteiger partial charge is 0.141 e. The van der Waals surface area contributed by atoms with Crippen LogP contribution in [0.4, 0.5) is 5.82 Å². The van der Waals surface area contributed by atoms with Gasteiger partial charge >= 0.3 is 0 Å². The van der Waals surface area contributed by atoms with Gasteiger partial charge in [0.25, 0.3) is 0 Å². The molecule has 0 radical (unpaired) electrons. The Morgan fingerprint density at radius 2 is 1.67 bits per heavy atom. The van der Waals surface area contributed by atoms with Crippen LogP contribution < -0.4 is 14.8 Å². The summed E-state index contributed by atoms with van der Waals surface area (Å²) in [6, 6.07) is 5.31. The summed E-state index contributed by atoms with van der Waals surface area (Å²) in [5, 5.41) is 6.24. The second-order valence-corrected chi connectivity index (χ2v) is 8.10. The highest BCUT2D eigenvalue weighted by Gasteiger charge is 2.21. The average Bonchev–Trinajstić information content (AvgIpc) is 2.71. The van der Waals surface area contributed by atoms with Gasteiger partial charge in [0.1, 0.15) is 22.5 Å². The molecule has 0 atom stereocenters. The van der Waals surface area contributed by atoms with Crippen LogP contribution in [0.1, 0.15) is 6.42 Å². The second kappa shape index (κ2) is 9.88. The summed E-state index contributed by atoms with van der Waals surface area (Å²) < 4.78 is 10.8. The lowest BCUT2D eigenvalue weighted by Gasteiger charge is -2.17. The lowest BCUT2D eigenvalue weighted by molar-refractivity contribution is 0.395. The molecule has 3 aromatic rings. The van der Waals surface area contributed by atoms with Crippen molar-refractivity contribution < 1.29 is 9.47 Å². The quantitative estimate of drug-likeness (QED) is 0.340. The molecule has 30 heavy (non-hydrogen) atoms. The third-order valence-electron chi connectivity index (χ3n) is 4.59. The van der Waals surface area contributed by atoms with Crippen LogP contribution in [0.5, 0.6) is 11.5 Å². The summed E-state index contributed by atoms with van der Waals surface area (Å²) in [7, 11) is 7.16. The molecule has 0 saturated heterocycles. The minimum absolute atomic E-state index is 0.357. The highest BCUT2D eigenvalue weighted by atomic mass is 35.5. The molecule has 2 aromatic heterocycles. The highest BCUT2D eigenvalue weighted by molar-refractivity contribution is 6.41. The van der Waals surface area contributed by atoms with E-state index in [0.717, 1.165) is 30.3 Å². The summed E-state index contributed by atoms with van der Waals surface area (Å²) in [5.41, 5.74) is 1.11. The maximum absolute atomic E-state index is 6.60. The largest absolute Gasteiger partial charge is 0.495 e. The number of halogens is 3. The molecule has 0 saturated carbocycles. The molecule has 6 nitrogen and oxygen atoms in total. The molecule has 1 aromatic carbocycles. The molecule has 0 aliphatic rings. The fourth-order valence-corrected chi connectivity index (χ4v) is 3.95. The van der Waals surface area contributed by atoms with E-state index in [1.165, 1.54) is 14.2 Å². The van der Waals surface area contributed by atoms with E-state index < -0.39 is 0 Å². The van der Waals surface area contributed by atoms with Gasteiger partial charge in [-0.3, -0.25) is 0 Å². The zero-order valence-corrected chi connectivity index (χ0v) is 19.5. The number of benzene rings is 1. The number of ether oxygens (including phenoxy) is 2. The molecule has 3 rings (SSSR count). The first kappa shape index (κ1) is 22.7. The van der Waals surface area contributed by atoms with E-state index >= 15 is 0 Å². The second-order valence-electron chi connectivity index (χ2n) is 6.95. The molecule has 0 spiro atoms. The number of aromatic nitrogens is 2. The molecule has 9 heteroatoms. The minimum atomic E-state index is 0.357. The van der Waals surface area contributed by atoms with Crippen LogP contribution in [0.3, 0.4) is 0 Å². The van der Waals surface area contributed by atoms with E-state index in [1.54, 1.807) is 18.3 Å². The fraction of sp³-hybridized carbons (Fsp3) is 0.333. The number of pyridine rings is 2. The molecule has 0 aliphatic carbocycles. The van der Waals surface area contributed by atoms with Crippen molar-refractivity contribution in [2.75, 3.05) is 46.7 Å². The molecule has 0 fully saturated rings. The Morgan fingerprint density at radius 1 is 1.00 bits per heavy atom. The van der Waals surface area contributed by atoms with Gasteiger partial charge in [0.2, 0.25) is 0 Å². The molecular formula is C21H23Cl3N4O2. The molecule has 1 N–H and O–H groups in total. The minimum Gasteiger partial charge on any atom is -0.495 e. The third-order valence-corrected chi connectivity index (χ3v) is 5.54. The van der Waals surface area contributed by atoms with Crippen LogP contribution in [0.25, 0.3) is 22.0 Å². The van der Waals surface area contributed by atoms with Crippen LogP contribution >= 0.6 is 34.8 Å². The Labute approximate surface area is 191 Å².